The van der Waals surface area contributed by atoms with Crippen LogP contribution in [-0.2, 0) is 0 Å². The van der Waals surface area contributed by atoms with Gasteiger partial charge in [-0.2, -0.15) is 0 Å². The summed E-state index contributed by atoms with van der Waals surface area (Å²) in [6.07, 6.45) is 2.17. The molecule has 0 heterocycles. The lowest BCUT2D eigenvalue weighted by Gasteiger charge is -2.22. The van der Waals surface area contributed by atoms with E-state index in [1.54, 1.807) is 0 Å². The Labute approximate surface area is 90.5 Å². The Kier molecular flexibility index (Phi) is 7.37. The molecule has 3 heteroatoms. The van der Waals surface area contributed by atoms with E-state index < -0.39 is 0 Å². The van der Waals surface area contributed by atoms with Crippen molar-refractivity contribution in [1.82, 2.24) is 0 Å². The lowest BCUT2D eigenvalue weighted by Crippen LogP contribution is -2.11. The molecule has 0 aromatic rings. The zero-order chi connectivity index (χ0) is 10.3. The molecule has 0 amide bonds. The highest BCUT2D eigenvalue weighted by Crippen LogP contribution is 2.34. The fourth-order valence-electron chi connectivity index (χ4n) is 1.18. The van der Waals surface area contributed by atoms with Crippen LogP contribution in [0.3, 0.4) is 0 Å². The maximum absolute atomic E-state index is 8.60. The Hall–Kier alpha value is 0.660. The lowest BCUT2D eigenvalue weighted by atomic mass is 9.91. The van der Waals surface area contributed by atoms with Gasteiger partial charge in [0.25, 0.3) is 0 Å². The maximum Gasteiger partial charge on any atom is 0.0439 e. The fourth-order valence-corrected chi connectivity index (χ4v) is 3.87. The van der Waals surface area contributed by atoms with Crippen LogP contribution in [0.4, 0.5) is 0 Å². The van der Waals surface area contributed by atoms with Gasteiger partial charge >= 0.3 is 0 Å². The molecule has 80 valence electrons. The van der Waals surface area contributed by atoms with Crippen LogP contribution in [0.1, 0.15) is 40.5 Å². The molecule has 0 saturated heterocycles. The molecule has 1 N–H and O–H groups in total. The normalized spacial score (nSPS) is 14.5. The summed E-state index contributed by atoms with van der Waals surface area (Å²) in [6.45, 7) is 9.44. The second-order valence-electron chi connectivity index (χ2n) is 4.57. The first-order valence-electron chi connectivity index (χ1n) is 4.85. The van der Waals surface area contributed by atoms with Gasteiger partial charge in [-0.05, 0) is 18.3 Å². The Morgan fingerprint density at radius 2 is 1.92 bits per heavy atom. The van der Waals surface area contributed by atoms with Gasteiger partial charge in [-0.25, -0.2) is 0 Å². The van der Waals surface area contributed by atoms with Gasteiger partial charge in [-0.3, -0.25) is 0 Å². The summed E-state index contributed by atoms with van der Waals surface area (Å²) in [4.78, 5) is 0. The molecule has 0 radical (unpaired) electrons. The molecule has 0 saturated carbocycles. The van der Waals surface area contributed by atoms with Gasteiger partial charge in [-0.15, -0.1) is 0 Å². The number of aliphatic hydroxyl groups excluding tert-OH is 1. The average molecular weight is 222 g/mol. The van der Waals surface area contributed by atoms with Crippen molar-refractivity contribution in [3.8, 4) is 0 Å². The van der Waals surface area contributed by atoms with E-state index in [-0.39, 0.29) is 0 Å². The molecule has 1 nitrogen and oxygen atoms in total. The minimum Gasteiger partial charge on any atom is -0.396 e. The van der Waals surface area contributed by atoms with E-state index in [0.29, 0.717) is 17.3 Å². The van der Waals surface area contributed by atoms with Gasteiger partial charge in [0.15, 0.2) is 0 Å². The standard InChI is InChI=1S/C10H22OS2/c1-9(8-10(2,3)4)13-12-7-5-6-11/h9,11H,5-8H2,1-4H3. The third kappa shape index (κ3) is 10.6. The van der Waals surface area contributed by atoms with Crippen molar-refractivity contribution in [1.29, 1.82) is 0 Å². The smallest absolute Gasteiger partial charge is 0.0439 e. The topological polar surface area (TPSA) is 20.2 Å². The highest BCUT2D eigenvalue weighted by atomic mass is 33.1. The number of hydrogen-bond donors (Lipinski definition) is 1. The molecule has 1 unspecified atom stereocenters. The summed E-state index contributed by atoms with van der Waals surface area (Å²) in [6, 6.07) is 0. The molecule has 0 fully saturated rings. The molecule has 0 bridgehead atoms. The van der Waals surface area contributed by atoms with Crippen molar-refractivity contribution in [3.63, 3.8) is 0 Å². The average Bonchev–Trinajstić information content (AvgIpc) is 1.94. The Balaban J connectivity index is 3.35. The molecule has 0 aliphatic heterocycles. The summed E-state index contributed by atoms with van der Waals surface area (Å²) in [7, 11) is 3.83. The molecule has 0 aromatic heterocycles. The van der Waals surface area contributed by atoms with Gasteiger partial charge in [0, 0.05) is 17.6 Å². The number of rotatable bonds is 6. The van der Waals surface area contributed by atoms with Crippen LogP contribution in [0.15, 0.2) is 0 Å². The molecule has 13 heavy (non-hydrogen) atoms. The van der Waals surface area contributed by atoms with E-state index in [2.05, 4.69) is 27.7 Å². The third-order valence-electron chi connectivity index (χ3n) is 1.52. The summed E-state index contributed by atoms with van der Waals surface area (Å²) in [5.74, 6) is 1.07. The number of hydrogen-bond acceptors (Lipinski definition) is 3. The first-order chi connectivity index (χ1) is 5.95. The second kappa shape index (κ2) is 7.02. The van der Waals surface area contributed by atoms with Crippen LogP contribution in [0.25, 0.3) is 0 Å². The first kappa shape index (κ1) is 13.7. The molecule has 0 aromatic carbocycles. The van der Waals surface area contributed by atoms with E-state index in [1.807, 2.05) is 21.6 Å². The Morgan fingerprint density at radius 3 is 2.38 bits per heavy atom. The van der Waals surface area contributed by atoms with Crippen molar-refractivity contribution >= 4 is 21.6 Å². The van der Waals surface area contributed by atoms with E-state index in [0.717, 1.165) is 12.2 Å². The van der Waals surface area contributed by atoms with E-state index in [9.17, 15) is 0 Å². The predicted octanol–water partition coefficient (Wildman–Crippen LogP) is 3.57. The molecular weight excluding hydrogens is 200 g/mol. The van der Waals surface area contributed by atoms with Gasteiger partial charge in [0.2, 0.25) is 0 Å². The summed E-state index contributed by atoms with van der Waals surface area (Å²) >= 11 is 0. The molecule has 0 aliphatic carbocycles. The van der Waals surface area contributed by atoms with E-state index in [1.165, 1.54) is 6.42 Å². The van der Waals surface area contributed by atoms with Crippen molar-refractivity contribution in [2.45, 2.75) is 45.8 Å². The van der Waals surface area contributed by atoms with Crippen molar-refractivity contribution in [2.24, 2.45) is 5.41 Å². The first-order valence-corrected chi connectivity index (χ1v) is 7.23. The van der Waals surface area contributed by atoms with Gasteiger partial charge in [0.05, 0.1) is 0 Å². The molecular formula is C10H22OS2. The zero-order valence-corrected chi connectivity index (χ0v) is 10.8. The van der Waals surface area contributed by atoms with Crippen molar-refractivity contribution < 1.29 is 5.11 Å². The quantitative estimate of drug-likeness (QED) is 0.548. The molecule has 0 rings (SSSR count). The van der Waals surface area contributed by atoms with E-state index >= 15 is 0 Å². The predicted molar refractivity (Wildman–Crippen MR) is 65.3 cm³/mol. The largest absolute Gasteiger partial charge is 0.396 e. The third-order valence-corrected chi connectivity index (χ3v) is 4.50. The van der Waals surface area contributed by atoms with Crippen LogP contribution in [-0.4, -0.2) is 22.7 Å². The Bertz CT molecular complexity index is 121. The van der Waals surface area contributed by atoms with Crippen molar-refractivity contribution in [2.75, 3.05) is 12.4 Å². The minimum absolute atomic E-state index is 0.321. The molecule has 0 aliphatic rings. The van der Waals surface area contributed by atoms with E-state index in [4.69, 9.17) is 5.11 Å². The molecule has 0 spiro atoms. The van der Waals surface area contributed by atoms with Crippen LogP contribution < -0.4 is 0 Å². The van der Waals surface area contributed by atoms with Gasteiger partial charge in [0.1, 0.15) is 0 Å². The van der Waals surface area contributed by atoms with Gasteiger partial charge < -0.3 is 5.11 Å². The highest BCUT2D eigenvalue weighted by molar-refractivity contribution is 8.76. The number of aliphatic hydroxyl groups is 1. The van der Waals surface area contributed by atoms with Crippen LogP contribution in [0.2, 0.25) is 0 Å². The van der Waals surface area contributed by atoms with Crippen LogP contribution in [0.5, 0.6) is 0 Å². The lowest BCUT2D eigenvalue weighted by molar-refractivity contribution is 0.296. The summed E-state index contributed by atoms with van der Waals surface area (Å²) in [5, 5.41) is 9.31. The SMILES string of the molecule is CC(CC(C)(C)C)SSCCCO. The van der Waals surface area contributed by atoms with Gasteiger partial charge in [-0.1, -0.05) is 49.3 Å². The summed E-state index contributed by atoms with van der Waals surface area (Å²) in [5.41, 5.74) is 0.434. The van der Waals surface area contributed by atoms with Crippen molar-refractivity contribution in [3.05, 3.63) is 0 Å². The monoisotopic (exact) mass is 222 g/mol. The Morgan fingerprint density at radius 1 is 1.31 bits per heavy atom. The fraction of sp³-hybridized carbons (Fsp3) is 1.00. The summed E-state index contributed by atoms with van der Waals surface area (Å²) < 4.78 is 0. The zero-order valence-electron chi connectivity index (χ0n) is 9.17. The van der Waals surface area contributed by atoms with Crippen LogP contribution >= 0.6 is 21.6 Å². The minimum atomic E-state index is 0.321. The van der Waals surface area contributed by atoms with Crippen LogP contribution in [0, 0.1) is 5.41 Å². The molecule has 1 atom stereocenters. The highest BCUT2D eigenvalue weighted by Gasteiger charge is 2.15. The maximum atomic E-state index is 8.60. The second-order valence-corrected chi connectivity index (χ2v) is 7.50.